The number of carbonyl (C=O) groups is 1. The van der Waals surface area contributed by atoms with Gasteiger partial charge in [-0.1, -0.05) is 22.9 Å². The number of anilines is 1. The number of aromatic nitrogens is 1. The molecule has 3 aromatic rings. The van der Waals surface area contributed by atoms with E-state index in [1.165, 1.54) is 42.5 Å². The SMILES string of the molecule is NS(=O)(=O)c1ccc2nc(NC(=O)CS(=O)(=O)c3ccc(Cl)cc3)sc2c1. The number of hydrogen-bond donors (Lipinski definition) is 2. The van der Waals surface area contributed by atoms with Gasteiger partial charge in [-0.05, 0) is 42.5 Å². The molecule has 27 heavy (non-hydrogen) atoms. The summed E-state index contributed by atoms with van der Waals surface area (Å²) in [5, 5.41) is 8.02. The van der Waals surface area contributed by atoms with E-state index in [-0.39, 0.29) is 14.9 Å². The Balaban J connectivity index is 1.78. The maximum absolute atomic E-state index is 12.3. The first kappa shape index (κ1) is 19.7. The summed E-state index contributed by atoms with van der Waals surface area (Å²) in [4.78, 5) is 16.1. The average Bonchev–Trinajstić information content (AvgIpc) is 2.94. The third-order valence-electron chi connectivity index (χ3n) is 3.43. The summed E-state index contributed by atoms with van der Waals surface area (Å²) < 4.78 is 47.8. The van der Waals surface area contributed by atoms with Gasteiger partial charge in [-0.2, -0.15) is 0 Å². The molecular weight excluding hydrogens is 434 g/mol. The van der Waals surface area contributed by atoms with Crippen LogP contribution >= 0.6 is 22.9 Å². The molecule has 3 rings (SSSR count). The normalized spacial score (nSPS) is 12.2. The standard InChI is InChI=1S/C15H12ClN3O5S3/c16-9-1-3-10(4-2-9)26(21,22)8-14(20)19-15-18-12-6-5-11(27(17,23)24)7-13(12)25-15/h1-7H,8H2,(H2,17,23,24)(H,18,19,20). The quantitative estimate of drug-likeness (QED) is 0.616. The summed E-state index contributed by atoms with van der Waals surface area (Å²) in [7, 11) is -7.71. The van der Waals surface area contributed by atoms with E-state index < -0.39 is 31.5 Å². The van der Waals surface area contributed by atoms with E-state index in [0.29, 0.717) is 15.2 Å². The molecule has 12 heteroatoms. The molecule has 0 aliphatic rings. The van der Waals surface area contributed by atoms with Gasteiger partial charge in [-0.3, -0.25) is 4.79 Å². The monoisotopic (exact) mass is 445 g/mol. The highest BCUT2D eigenvalue weighted by Gasteiger charge is 2.20. The molecule has 0 bridgehead atoms. The van der Waals surface area contributed by atoms with E-state index in [1.54, 1.807) is 0 Å². The number of nitrogens with two attached hydrogens (primary N) is 1. The number of primary sulfonamides is 1. The van der Waals surface area contributed by atoms with Gasteiger partial charge in [0.15, 0.2) is 15.0 Å². The molecule has 0 saturated carbocycles. The van der Waals surface area contributed by atoms with Crippen LogP contribution in [-0.2, 0) is 24.7 Å². The van der Waals surface area contributed by atoms with E-state index in [1.807, 2.05) is 0 Å². The fourth-order valence-corrected chi connectivity index (χ4v) is 4.99. The Morgan fingerprint density at radius 2 is 1.70 bits per heavy atom. The van der Waals surface area contributed by atoms with Crippen LogP contribution in [0.15, 0.2) is 52.3 Å². The van der Waals surface area contributed by atoms with E-state index in [9.17, 15) is 21.6 Å². The minimum absolute atomic E-state index is 0.0239. The van der Waals surface area contributed by atoms with Gasteiger partial charge >= 0.3 is 0 Å². The molecule has 0 unspecified atom stereocenters. The predicted molar refractivity (Wildman–Crippen MR) is 103 cm³/mol. The molecule has 0 fully saturated rings. The van der Waals surface area contributed by atoms with Crippen molar-refractivity contribution in [2.24, 2.45) is 5.14 Å². The highest BCUT2D eigenvalue weighted by Crippen LogP contribution is 2.28. The second kappa shape index (κ2) is 7.17. The van der Waals surface area contributed by atoms with Gasteiger partial charge in [0.25, 0.3) is 0 Å². The smallest absolute Gasteiger partial charge is 0.241 e. The van der Waals surface area contributed by atoms with Crippen LogP contribution < -0.4 is 10.5 Å². The minimum atomic E-state index is -3.86. The van der Waals surface area contributed by atoms with Gasteiger partial charge in [-0.25, -0.2) is 27.0 Å². The zero-order valence-electron chi connectivity index (χ0n) is 13.4. The van der Waals surface area contributed by atoms with E-state index in [0.717, 1.165) is 11.3 Å². The Morgan fingerprint density at radius 3 is 2.33 bits per heavy atom. The van der Waals surface area contributed by atoms with Crippen molar-refractivity contribution in [3.05, 3.63) is 47.5 Å². The number of halogens is 1. The number of rotatable bonds is 5. The van der Waals surface area contributed by atoms with Crippen LogP contribution in [0.4, 0.5) is 5.13 Å². The van der Waals surface area contributed by atoms with E-state index >= 15 is 0 Å². The second-order valence-electron chi connectivity index (χ2n) is 5.45. The van der Waals surface area contributed by atoms with Crippen molar-refractivity contribution >= 4 is 64.1 Å². The summed E-state index contributed by atoms with van der Waals surface area (Å²) >= 11 is 6.73. The highest BCUT2D eigenvalue weighted by atomic mass is 35.5. The molecule has 1 heterocycles. The van der Waals surface area contributed by atoms with Crippen molar-refractivity contribution in [1.82, 2.24) is 4.98 Å². The number of benzene rings is 2. The van der Waals surface area contributed by atoms with Gasteiger partial charge < -0.3 is 5.32 Å². The largest absolute Gasteiger partial charge is 0.301 e. The molecule has 2 aromatic carbocycles. The lowest BCUT2D eigenvalue weighted by Crippen LogP contribution is -2.22. The maximum Gasteiger partial charge on any atom is 0.241 e. The van der Waals surface area contributed by atoms with Crippen LogP contribution in [0, 0.1) is 0 Å². The van der Waals surface area contributed by atoms with E-state index in [2.05, 4.69) is 10.3 Å². The minimum Gasteiger partial charge on any atom is -0.301 e. The van der Waals surface area contributed by atoms with Crippen LogP contribution in [0.2, 0.25) is 5.02 Å². The summed E-state index contributed by atoms with van der Waals surface area (Å²) in [6, 6.07) is 9.56. The van der Waals surface area contributed by atoms with Crippen molar-refractivity contribution in [3.8, 4) is 0 Å². The maximum atomic E-state index is 12.3. The summed E-state index contributed by atoms with van der Waals surface area (Å²) in [6.07, 6.45) is 0. The van der Waals surface area contributed by atoms with Gasteiger partial charge in [0.2, 0.25) is 15.9 Å². The molecule has 0 aliphatic carbocycles. The number of fused-ring (bicyclic) bond motifs is 1. The lowest BCUT2D eigenvalue weighted by Gasteiger charge is -2.04. The molecule has 0 atom stereocenters. The number of amides is 1. The second-order valence-corrected chi connectivity index (χ2v) is 10.5. The van der Waals surface area contributed by atoms with Crippen molar-refractivity contribution in [2.75, 3.05) is 11.1 Å². The number of hydrogen-bond acceptors (Lipinski definition) is 7. The van der Waals surface area contributed by atoms with Gasteiger partial charge in [0, 0.05) is 5.02 Å². The fraction of sp³-hybridized carbons (Fsp3) is 0.0667. The Morgan fingerprint density at radius 1 is 1.07 bits per heavy atom. The Labute approximate surface area is 164 Å². The molecule has 3 N–H and O–H groups in total. The van der Waals surface area contributed by atoms with Crippen molar-refractivity contribution in [3.63, 3.8) is 0 Å². The molecular formula is C15H12ClN3O5S3. The first-order valence-corrected chi connectivity index (χ1v) is 11.7. The first-order chi connectivity index (χ1) is 12.5. The summed E-state index contributed by atoms with van der Waals surface area (Å²) in [5.74, 6) is -1.54. The van der Waals surface area contributed by atoms with Gasteiger partial charge in [0.05, 0.1) is 20.0 Å². The topological polar surface area (TPSA) is 136 Å². The summed E-state index contributed by atoms with van der Waals surface area (Å²) in [5.41, 5.74) is 0.447. The van der Waals surface area contributed by atoms with E-state index in [4.69, 9.17) is 16.7 Å². The van der Waals surface area contributed by atoms with Crippen molar-refractivity contribution in [1.29, 1.82) is 0 Å². The number of thiazole rings is 1. The number of nitrogens with one attached hydrogen (secondary N) is 1. The van der Waals surface area contributed by atoms with Crippen LogP contribution in [0.3, 0.4) is 0 Å². The Kier molecular flexibility index (Phi) is 5.23. The number of carbonyl (C=O) groups excluding carboxylic acids is 1. The molecule has 8 nitrogen and oxygen atoms in total. The lowest BCUT2D eigenvalue weighted by atomic mass is 10.3. The number of nitrogens with zero attached hydrogens (tertiary/aromatic N) is 1. The van der Waals surface area contributed by atoms with Crippen molar-refractivity contribution < 1.29 is 21.6 Å². The predicted octanol–water partition coefficient (Wildman–Crippen LogP) is 2.01. The third-order valence-corrected chi connectivity index (χ3v) is 7.16. The van der Waals surface area contributed by atoms with Crippen LogP contribution in [0.5, 0.6) is 0 Å². The number of sulfonamides is 1. The third kappa shape index (κ3) is 4.62. The fourth-order valence-electron chi connectivity index (χ4n) is 2.19. The van der Waals surface area contributed by atoms with Crippen LogP contribution in [-0.4, -0.2) is 33.5 Å². The molecule has 0 saturated heterocycles. The molecule has 142 valence electrons. The lowest BCUT2D eigenvalue weighted by molar-refractivity contribution is -0.113. The zero-order chi connectivity index (χ0) is 19.8. The molecule has 0 radical (unpaired) electrons. The molecule has 0 spiro atoms. The highest BCUT2D eigenvalue weighted by molar-refractivity contribution is 7.92. The van der Waals surface area contributed by atoms with Crippen LogP contribution in [0.25, 0.3) is 10.2 Å². The first-order valence-electron chi connectivity index (χ1n) is 7.26. The van der Waals surface area contributed by atoms with Gasteiger partial charge in [0.1, 0.15) is 5.75 Å². The Bertz CT molecular complexity index is 1240. The summed E-state index contributed by atoms with van der Waals surface area (Å²) in [6.45, 7) is 0. The van der Waals surface area contributed by atoms with Crippen molar-refractivity contribution in [2.45, 2.75) is 9.79 Å². The number of sulfone groups is 1. The van der Waals surface area contributed by atoms with Crippen LogP contribution in [0.1, 0.15) is 0 Å². The average molecular weight is 446 g/mol. The van der Waals surface area contributed by atoms with Gasteiger partial charge in [-0.15, -0.1) is 0 Å². The Hall–Kier alpha value is -2.05. The molecule has 0 aliphatic heterocycles. The zero-order valence-corrected chi connectivity index (χ0v) is 16.6. The molecule has 1 amide bonds. The molecule has 1 aromatic heterocycles.